The molecule has 1 rings (SSSR count). The molecule has 0 aliphatic carbocycles. The van der Waals surface area contributed by atoms with E-state index in [1.807, 2.05) is 0 Å². The Hall–Kier alpha value is -1.72. The van der Waals surface area contributed by atoms with Crippen LogP contribution in [0.2, 0.25) is 0 Å². The Morgan fingerprint density at radius 2 is 2.15 bits per heavy atom. The summed E-state index contributed by atoms with van der Waals surface area (Å²) < 4.78 is 24.1. The summed E-state index contributed by atoms with van der Waals surface area (Å²) in [6.07, 6.45) is -1.78. The van der Waals surface area contributed by atoms with Crippen LogP contribution in [0.4, 0.5) is 14.5 Å². The second-order valence-corrected chi connectivity index (χ2v) is 2.37. The highest BCUT2D eigenvalue weighted by atomic mass is 19.3. The number of hydrogen-bond acceptors (Lipinski definition) is 3. The number of primary amides is 1. The molecule has 0 bridgehead atoms. The first-order valence-electron chi connectivity index (χ1n) is 3.35. The van der Waals surface area contributed by atoms with Gasteiger partial charge in [0.05, 0.1) is 5.69 Å². The molecule has 6 heteroatoms. The van der Waals surface area contributed by atoms with Gasteiger partial charge in [-0.05, 0) is 6.07 Å². The Bertz CT molecular complexity index is 341. The Balaban J connectivity index is 3.13. The van der Waals surface area contributed by atoms with Crippen LogP contribution < -0.4 is 11.5 Å². The molecule has 0 saturated carbocycles. The molecule has 0 aromatic carbocycles. The molecule has 0 atom stereocenters. The fourth-order valence-corrected chi connectivity index (χ4v) is 0.824. The molecule has 0 unspecified atom stereocenters. The maximum Gasteiger partial charge on any atom is 0.269 e. The number of carbonyl (C=O) groups excluding carboxylic acids is 1. The third-order valence-electron chi connectivity index (χ3n) is 1.42. The normalized spacial score (nSPS) is 10.4. The van der Waals surface area contributed by atoms with Gasteiger partial charge in [-0.3, -0.25) is 4.79 Å². The lowest BCUT2D eigenvalue weighted by atomic mass is 10.2. The van der Waals surface area contributed by atoms with Gasteiger partial charge in [-0.25, -0.2) is 13.8 Å². The van der Waals surface area contributed by atoms with Crippen molar-refractivity contribution in [3.63, 3.8) is 0 Å². The Labute approximate surface area is 72.6 Å². The van der Waals surface area contributed by atoms with Crippen LogP contribution in [0.5, 0.6) is 0 Å². The Kier molecular flexibility index (Phi) is 2.41. The Morgan fingerprint density at radius 1 is 1.54 bits per heavy atom. The smallest absolute Gasteiger partial charge is 0.269 e. The van der Waals surface area contributed by atoms with Gasteiger partial charge in [0.25, 0.3) is 12.3 Å². The zero-order valence-electron chi connectivity index (χ0n) is 6.50. The average Bonchev–Trinajstić information content (AvgIpc) is 2.03. The van der Waals surface area contributed by atoms with Crippen LogP contribution in [0.15, 0.2) is 12.3 Å². The van der Waals surface area contributed by atoms with Crippen LogP contribution >= 0.6 is 0 Å². The molecule has 0 aliphatic rings. The van der Waals surface area contributed by atoms with E-state index in [9.17, 15) is 13.6 Å². The molecule has 0 aliphatic heterocycles. The second kappa shape index (κ2) is 3.34. The molecule has 4 nitrogen and oxygen atoms in total. The van der Waals surface area contributed by atoms with E-state index in [1.54, 1.807) is 0 Å². The summed E-state index contributed by atoms with van der Waals surface area (Å²) in [5.41, 5.74) is 9.48. The van der Waals surface area contributed by atoms with Crippen molar-refractivity contribution < 1.29 is 13.6 Å². The number of carbonyl (C=O) groups is 1. The van der Waals surface area contributed by atoms with Crippen LogP contribution in [0.25, 0.3) is 0 Å². The molecular weight excluding hydrogens is 180 g/mol. The monoisotopic (exact) mass is 187 g/mol. The van der Waals surface area contributed by atoms with E-state index in [0.717, 1.165) is 12.3 Å². The number of pyridine rings is 1. The van der Waals surface area contributed by atoms with Crippen LogP contribution in [-0.4, -0.2) is 10.9 Å². The van der Waals surface area contributed by atoms with E-state index in [1.165, 1.54) is 0 Å². The zero-order chi connectivity index (χ0) is 10.0. The number of anilines is 1. The van der Waals surface area contributed by atoms with E-state index in [-0.39, 0.29) is 16.9 Å². The number of amides is 1. The number of halogens is 2. The van der Waals surface area contributed by atoms with E-state index in [0.29, 0.717) is 0 Å². The summed E-state index contributed by atoms with van der Waals surface area (Å²) in [6, 6.07) is 0.984. The second-order valence-electron chi connectivity index (χ2n) is 2.37. The lowest BCUT2D eigenvalue weighted by Gasteiger charge is -2.03. The highest BCUT2D eigenvalue weighted by Crippen LogP contribution is 2.20. The van der Waals surface area contributed by atoms with E-state index >= 15 is 0 Å². The van der Waals surface area contributed by atoms with E-state index < -0.39 is 12.3 Å². The quantitative estimate of drug-likeness (QED) is 0.714. The fraction of sp³-hybridized carbons (Fsp3) is 0.143. The maximum atomic E-state index is 12.1. The average molecular weight is 187 g/mol. The van der Waals surface area contributed by atoms with Gasteiger partial charge in [-0.15, -0.1) is 0 Å². The predicted octanol–water partition coefficient (Wildman–Crippen LogP) is 0.700. The lowest BCUT2D eigenvalue weighted by Crippen LogP contribution is -2.15. The number of hydrogen-bond donors (Lipinski definition) is 2. The van der Waals surface area contributed by atoms with Crippen molar-refractivity contribution in [2.24, 2.45) is 5.73 Å². The van der Waals surface area contributed by atoms with Crippen molar-refractivity contribution in [2.45, 2.75) is 6.43 Å². The SMILES string of the molecule is NC(=O)c1ncc(C(F)F)cc1N. The standard InChI is InChI=1S/C7H7F2N3O/c8-6(9)3-1-4(10)5(7(11)13)12-2-3/h1-2,6H,10H2,(H2,11,13). The first-order valence-corrected chi connectivity index (χ1v) is 3.35. The molecule has 13 heavy (non-hydrogen) atoms. The van der Waals surface area contributed by atoms with Crippen molar-refractivity contribution in [3.8, 4) is 0 Å². The van der Waals surface area contributed by atoms with Gasteiger partial charge in [0.1, 0.15) is 0 Å². The van der Waals surface area contributed by atoms with Crippen molar-refractivity contribution >= 4 is 11.6 Å². The summed E-state index contributed by atoms with van der Waals surface area (Å²) in [5, 5.41) is 0. The van der Waals surface area contributed by atoms with Crippen LogP contribution in [0, 0.1) is 0 Å². The van der Waals surface area contributed by atoms with Gasteiger partial charge in [-0.1, -0.05) is 0 Å². The first-order chi connectivity index (χ1) is 6.02. The molecule has 4 N–H and O–H groups in total. The minimum absolute atomic E-state index is 0.134. The molecule has 0 saturated heterocycles. The molecule has 1 amide bonds. The largest absolute Gasteiger partial charge is 0.397 e. The minimum atomic E-state index is -2.66. The number of nitrogens with zero attached hydrogens (tertiary/aromatic N) is 1. The van der Waals surface area contributed by atoms with E-state index in [2.05, 4.69) is 4.98 Å². The molecule has 0 radical (unpaired) electrons. The van der Waals surface area contributed by atoms with Crippen molar-refractivity contribution in [1.82, 2.24) is 4.98 Å². The van der Waals surface area contributed by atoms with Crippen LogP contribution in [-0.2, 0) is 0 Å². The predicted molar refractivity (Wildman–Crippen MR) is 42.1 cm³/mol. The summed E-state index contributed by atoms with van der Waals surface area (Å²) in [5.74, 6) is -0.835. The van der Waals surface area contributed by atoms with Gasteiger partial charge in [0.2, 0.25) is 0 Å². The maximum absolute atomic E-state index is 12.1. The summed E-state index contributed by atoms with van der Waals surface area (Å²) >= 11 is 0. The number of rotatable bonds is 2. The third-order valence-corrected chi connectivity index (χ3v) is 1.42. The van der Waals surface area contributed by atoms with Gasteiger partial charge in [0, 0.05) is 11.8 Å². The summed E-state index contributed by atoms with van der Waals surface area (Å²) in [4.78, 5) is 14.0. The van der Waals surface area contributed by atoms with Crippen molar-refractivity contribution in [2.75, 3.05) is 5.73 Å². The highest BCUT2D eigenvalue weighted by Gasteiger charge is 2.12. The van der Waals surface area contributed by atoms with Gasteiger partial charge < -0.3 is 11.5 Å². The number of alkyl halides is 2. The summed E-state index contributed by atoms with van der Waals surface area (Å²) in [6.45, 7) is 0. The number of nitrogen functional groups attached to an aromatic ring is 1. The molecule has 1 heterocycles. The Morgan fingerprint density at radius 3 is 2.54 bits per heavy atom. The zero-order valence-corrected chi connectivity index (χ0v) is 6.50. The van der Waals surface area contributed by atoms with Gasteiger partial charge >= 0.3 is 0 Å². The number of aromatic nitrogens is 1. The lowest BCUT2D eigenvalue weighted by molar-refractivity contribution is 0.0995. The van der Waals surface area contributed by atoms with Gasteiger partial charge in [-0.2, -0.15) is 0 Å². The fourth-order valence-electron chi connectivity index (χ4n) is 0.824. The van der Waals surface area contributed by atoms with Crippen LogP contribution in [0.3, 0.4) is 0 Å². The van der Waals surface area contributed by atoms with Crippen molar-refractivity contribution in [3.05, 3.63) is 23.5 Å². The molecule has 0 fully saturated rings. The molecule has 0 spiro atoms. The van der Waals surface area contributed by atoms with Gasteiger partial charge in [0.15, 0.2) is 5.69 Å². The van der Waals surface area contributed by atoms with Crippen LogP contribution in [0.1, 0.15) is 22.5 Å². The third kappa shape index (κ3) is 1.90. The molecular formula is C7H7F2N3O. The van der Waals surface area contributed by atoms with Crippen molar-refractivity contribution in [1.29, 1.82) is 0 Å². The molecule has 1 aromatic rings. The summed E-state index contributed by atoms with van der Waals surface area (Å²) in [7, 11) is 0. The highest BCUT2D eigenvalue weighted by molar-refractivity contribution is 5.95. The molecule has 70 valence electrons. The number of nitrogens with two attached hydrogens (primary N) is 2. The minimum Gasteiger partial charge on any atom is -0.397 e. The molecule has 1 aromatic heterocycles. The van der Waals surface area contributed by atoms with E-state index in [4.69, 9.17) is 11.5 Å². The topological polar surface area (TPSA) is 82.0 Å². The first kappa shape index (κ1) is 9.37.